The Bertz CT molecular complexity index is 721. The summed E-state index contributed by atoms with van der Waals surface area (Å²) in [4.78, 5) is 2.21. The van der Waals surface area contributed by atoms with Gasteiger partial charge in [0.25, 0.3) is 0 Å². The van der Waals surface area contributed by atoms with E-state index in [-0.39, 0.29) is 12.5 Å². The Hall–Kier alpha value is -1.30. The highest BCUT2D eigenvalue weighted by Crippen LogP contribution is 2.31. The highest BCUT2D eigenvalue weighted by molar-refractivity contribution is 6.35. The number of halogens is 2. The van der Waals surface area contributed by atoms with Crippen LogP contribution in [-0.2, 0) is 0 Å². The first-order valence-corrected chi connectivity index (χ1v) is 10.00. The predicted octanol–water partition coefficient (Wildman–Crippen LogP) is 4.18. The molecule has 0 saturated carbocycles. The van der Waals surface area contributed by atoms with Gasteiger partial charge >= 0.3 is 0 Å². The maximum atomic E-state index is 10.6. The molecule has 0 aliphatic carbocycles. The van der Waals surface area contributed by atoms with E-state index in [2.05, 4.69) is 4.90 Å². The van der Waals surface area contributed by atoms with E-state index in [9.17, 15) is 10.2 Å². The molecule has 0 aromatic heterocycles. The van der Waals surface area contributed by atoms with E-state index in [1.807, 2.05) is 30.3 Å². The van der Waals surface area contributed by atoms with Gasteiger partial charge in [0.1, 0.15) is 18.5 Å². The van der Waals surface area contributed by atoms with Crippen molar-refractivity contribution in [1.82, 2.24) is 4.90 Å². The van der Waals surface area contributed by atoms with Crippen LogP contribution in [-0.4, -0.2) is 47.5 Å². The first kappa shape index (κ1) is 20.4. The molecule has 1 fully saturated rings. The molecular formula is C21H25Cl2NO3. The molecule has 6 heteroatoms. The van der Waals surface area contributed by atoms with Crippen molar-refractivity contribution in [3.05, 3.63) is 64.1 Å². The Balaban J connectivity index is 1.42. The average Bonchev–Trinajstić information content (AvgIpc) is 2.68. The summed E-state index contributed by atoms with van der Waals surface area (Å²) in [6, 6.07) is 14.8. The summed E-state index contributed by atoms with van der Waals surface area (Å²) in [5.41, 5.74) is 0.976. The van der Waals surface area contributed by atoms with Gasteiger partial charge in [-0.2, -0.15) is 0 Å². The van der Waals surface area contributed by atoms with Crippen molar-refractivity contribution in [1.29, 1.82) is 0 Å². The number of hydrogen-bond acceptors (Lipinski definition) is 4. The van der Waals surface area contributed by atoms with Gasteiger partial charge in [-0.05, 0) is 55.6 Å². The van der Waals surface area contributed by atoms with Crippen molar-refractivity contribution in [3.8, 4) is 5.75 Å². The quantitative estimate of drug-likeness (QED) is 0.719. The van der Waals surface area contributed by atoms with E-state index in [4.69, 9.17) is 27.9 Å². The lowest BCUT2D eigenvalue weighted by atomic mass is 9.87. The minimum absolute atomic E-state index is 0.175. The monoisotopic (exact) mass is 409 g/mol. The molecule has 1 saturated heterocycles. The molecular weight excluding hydrogens is 385 g/mol. The van der Waals surface area contributed by atoms with Gasteiger partial charge in [0.2, 0.25) is 0 Å². The van der Waals surface area contributed by atoms with Crippen molar-refractivity contribution in [2.45, 2.75) is 25.0 Å². The van der Waals surface area contributed by atoms with Gasteiger partial charge in [-0.3, -0.25) is 0 Å². The SMILES string of the molecule is O[C@@H](COc1ccc(Cl)cc1Cl)CN1CCC([C@@H](O)c2ccccc2)CC1. The molecule has 1 heterocycles. The third-order valence-electron chi connectivity index (χ3n) is 5.01. The highest BCUT2D eigenvalue weighted by atomic mass is 35.5. The number of rotatable bonds is 7. The standard InChI is InChI=1S/C21H25Cl2NO3/c22-17-6-7-20(19(23)12-17)27-14-18(25)13-24-10-8-16(9-11-24)21(26)15-4-2-1-3-5-15/h1-7,12,16,18,21,25-26H,8-11,13-14H2/t18-,21+/m1/s1. The van der Waals surface area contributed by atoms with E-state index >= 15 is 0 Å². The molecule has 0 radical (unpaired) electrons. The summed E-state index contributed by atoms with van der Waals surface area (Å²) in [5, 5.41) is 21.8. The van der Waals surface area contributed by atoms with E-state index in [0.717, 1.165) is 31.5 Å². The minimum Gasteiger partial charge on any atom is -0.489 e. The van der Waals surface area contributed by atoms with Gasteiger partial charge in [0, 0.05) is 11.6 Å². The summed E-state index contributed by atoms with van der Waals surface area (Å²) in [6.45, 7) is 2.42. The summed E-state index contributed by atoms with van der Waals surface area (Å²) < 4.78 is 5.61. The lowest BCUT2D eigenvalue weighted by Gasteiger charge is -2.35. The summed E-state index contributed by atoms with van der Waals surface area (Å²) in [7, 11) is 0. The fourth-order valence-corrected chi connectivity index (χ4v) is 3.97. The smallest absolute Gasteiger partial charge is 0.138 e. The lowest BCUT2D eigenvalue weighted by Crippen LogP contribution is -2.41. The van der Waals surface area contributed by atoms with Crippen LogP contribution in [0.25, 0.3) is 0 Å². The Morgan fingerprint density at radius 3 is 2.41 bits per heavy atom. The largest absolute Gasteiger partial charge is 0.489 e. The third-order valence-corrected chi connectivity index (χ3v) is 5.54. The molecule has 2 atom stereocenters. The molecule has 1 aliphatic heterocycles. The predicted molar refractivity (Wildman–Crippen MR) is 109 cm³/mol. The number of hydrogen-bond donors (Lipinski definition) is 2. The number of aliphatic hydroxyl groups is 2. The van der Waals surface area contributed by atoms with Crippen LogP contribution < -0.4 is 4.74 Å². The van der Waals surface area contributed by atoms with E-state index in [0.29, 0.717) is 22.3 Å². The van der Waals surface area contributed by atoms with Crippen LogP contribution >= 0.6 is 23.2 Å². The summed E-state index contributed by atoms with van der Waals surface area (Å²) in [5.74, 6) is 0.773. The van der Waals surface area contributed by atoms with Crippen LogP contribution in [0.3, 0.4) is 0 Å². The number of β-amino-alcohol motifs (C(OH)–C–C–N with tert-alkyl or cyclic N) is 1. The van der Waals surface area contributed by atoms with Crippen molar-refractivity contribution < 1.29 is 14.9 Å². The zero-order valence-corrected chi connectivity index (χ0v) is 16.6. The Labute approximate surface area is 170 Å². The van der Waals surface area contributed by atoms with Gasteiger partial charge in [-0.15, -0.1) is 0 Å². The molecule has 3 rings (SSSR count). The first-order chi connectivity index (χ1) is 13.0. The topological polar surface area (TPSA) is 52.9 Å². The van der Waals surface area contributed by atoms with Gasteiger partial charge in [0.05, 0.1) is 11.1 Å². The fraction of sp³-hybridized carbons (Fsp3) is 0.429. The molecule has 2 aromatic rings. The zero-order valence-electron chi connectivity index (χ0n) is 15.1. The molecule has 0 spiro atoms. The summed E-state index contributed by atoms with van der Waals surface area (Å²) in [6.07, 6.45) is 0.792. The molecule has 146 valence electrons. The Kier molecular flexibility index (Phi) is 7.39. The lowest BCUT2D eigenvalue weighted by molar-refractivity contribution is 0.0279. The number of nitrogens with zero attached hydrogens (tertiary/aromatic N) is 1. The van der Waals surface area contributed by atoms with E-state index in [1.54, 1.807) is 18.2 Å². The van der Waals surface area contributed by atoms with Gasteiger partial charge in [-0.25, -0.2) is 0 Å². The minimum atomic E-state index is -0.604. The molecule has 0 amide bonds. The van der Waals surface area contributed by atoms with Crippen LogP contribution in [0.2, 0.25) is 10.0 Å². The number of benzene rings is 2. The van der Waals surface area contributed by atoms with Crippen LogP contribution in [0.5, 0.6) is 5.75 Å². The van der Waals surface area contributed by atoms with Crippen LogP contribution in [0.1, 0.15) is 24.5 Å². The number of piperidine rings is 1. The zero-order chi connectivity index (χ0) is 19.2. The number of aliphatic hydroxyl groups excluding tert-OH is 2. The first-order valence-electron chi connectivity index (χ1n) is 9.24. The molecule has 2 N–H and O–H groups in total. The molecule has 4 nitrogen and oxygen atoms in total. The maximum Gasteiger partial charge on any atom is 0.138 e. The second-order valence-corrected chi connectivity index (χ2v) is 7.88. The Morgan fingerprint density at radius 2 is 1.74 bits per heavy atom. The van der Waals surface area contributed by atoms with Crippen LogP contribution in [0.15, 0.2) is 48.5 Å². The van der Waals surface area contributed by atoms with Crippen LogP contribution in [0.4, 0.5) is 0 Å². The average molecular weight is 410 g/mol. The maximum absolute atomic E-state index is 10.6. The van der Waals surface area contributed by atoms with E-state index in [1.165, 1.54) is 0 Å². The highest BCUT2D eigenvalue weighted by Gasteiger charge is 2.27. The molecule has 27 heavy (non-hydrogen) atoms. The van der Waals surface area contributed by atoms with Crippen molar-refractivity contribution in [2.75, 3.05) is 26.2 Å². The van der Waals surface area contributed by atoms with Crippen molar-refractivity contribution >= 4 is 23.2 Å². The second kappa shape index (κ2) is 9.76. The van der Waals surface area contributed by atoms with Crippen molar-refractivity contribution in [3.63, 3.8) is 0 Å². The fourth-order valence-electron chi connectivity index (χ4n) is 3.50. The van der Waals surface area contributed by atoms with Gasteiger partial charge in [0.15, 0.2) is 0 Å². The third kappa shape index (κ3) is 5.84. The molecule has 0 bridgehead atoms. The molecule has 1 aliphatic rings. The van der Waals surface area contributed by atoms with Gasteiger partial charge < -0.3 is 19.8 Å². The molecule has 0 unspecified atom stereocenters. The Morgan fingerprint density at radius 1 is 1.04 bits per heavy atom. The number of likely N-dealkylation sites (tertiary alicyclic amines) is 1. The van der Waals surface area contributed by atoms with Gasteiger partial charge in [-0.1, -0.05) is 53.5 Å². The summed E-state index contributed by atoms with van der Waals surface area (Å²) >= 11 is 11.9. The van der Waals surface area contributed by atoms with Crippen LogP contribution in [0, 0.1) is 5.92 Å². The normalized spacial score (nSPS) is 18.2. The number of ether oxygens (including phenoxy) is 1. The second-order valence-electron chi connectivity index (χ2n) is 7.03. The van der Waals surface area contributed by atoms with Crippen molar-refractivity contribution in [2.24, 2.45) is 5.92 Å². The molecule has 2 aromatic carbocycles. The van der Waals surface area contributed by atoms with E-state index < -0.39 is 12.2 Å².